The fraction of sp³-hybridized carbons (Fsp3) is 0.667. The van der Waals surface area contributed by atoms with Crippen LogP contribution in [0.1, 0.15) is 6.92 Å². The van der Waals surface area contributed by atoms with Gasteiger partial charge in [-0.1, -0.05) is 6.92 Å². The van der Waals surface area contributed by atoms with Crippen molar-refractivity contribution in [3.05, 3.63) is 14.8 Å². The summed E-state index contributed by atoms with van der Waals surface area (Å²) in [7, 11) is 0. The van der Waals surface area contributed by atoms with E-state index in [2.05, 4.69) is 26.0 Å². The highest BCUT2D eigenvalue weighted by Crippen LogP contribution is 2.14. The summed E-state index contributed by atoms with van der Waals surface area (Å²) < 4.78 is 1.77. The summed E-state index contributed by atoms with van der Waals surface area (Å²) in [4.78, 5) is 13.3. The molecule has 6 nitrogen and oxygen atoms in total. The van der Waals surface area contributed by atoms with Gasteiger partial charge in [-0.15, -0.1) is 11.6 Å². The van der Waals surface area contributed by atoms with Crippen LogP contribution in [0.15, 0.2) is 4.73 Å². The Bertz CT molecular complexity index is 343. The van der Waals surface area contributed by atoms with Gasteiger partial charge in [-0.2, -0.15) is 4.68 Å². The molecule has 0 spiro atoms. The van der Waals surface area contributed by atoms with Crippen LogP contribution in [0, 0.1) is 16.0 Å². The van der Waals surface area contributed by atoms with Gasteiger partial charge in [0.25, 0.3) is 4.73 Å². The van der Waals surface area contributed by atoms with E-state index in [0.29, 0.717) is 17.2 Å². The average Bonchev–Trinajstić information content (AvgIpc) is 2.48. The molecule has 78 valence electrons. The zero-order valence-corrected chi connectivity index (χ0v) is 9.69. The second-order valence-corrected chi connectivity index (χ2v) is 3.90. The van der Waals surface area contributed by atoms with Crippen molar-refractivity contribution < 1.29 is 4.92 Å². The highest BCUT2D eigenvalue weighted by Gasteiger charge is 2.20. The Morgan fingerprint density at radius 1 is 1.79 bits per heavy atom. The third-order valence-corrected chi connectivity index (χ3v) is 2.64. The van der Waals surface area contributed by atoms with Crippen molar-refractivity contribution in [3.8, 4) is 0 Å². The summed E-state index contributed by atoms with van der Waals surface area (Å²) in [5, 5.41) is 14.0. The summed E-state index contributed by atoms with van der Waals surface area (Å²) in [5.41, 5.74) is 0. The molecule has 0 aliphatic rings. The Morgan fingerprint density at radius 2 is 2.43 bits per heavy atom. The van der Waals surface area contributed by atoms with Crippen LogP contribution in [0.5, 0.6) is 0 Å². The number of hydrogen-bond donors (Lipinski definition) is 0. The average molecular weight is 284 g/mol. The molecule has 0 aliphatic carbocycles. The molecule has 0 N–H and O–H groups in total. The molecular weight excluding hydrogens is 275 g/mol. The van der Waals surface area contributed by atoms with Crippen molar-refractivity contribution in [2.24, 2.45) is 5.92 Å². The van der Waals surface area contributed by atoms with E-state index < -0.39 is 10.9 Å². The van der Waals surface area contributed by atoms with E-state index in [9.17, 15) is 10.1 Å². The summed E-state index contributed by atoms with van der Waals surface area (Å²) >= 11 is 8.70. The number of alkyl halides is 1. The minimum absolute atomic E-state index is 0.189. The number of aromatic nitrogens is 3. The van der Waals surface area contributed by atoms with E-state index in [4.69, 9.17) is 11.6 Å². The first-order valence-corrected chi connectivity index (χ1v) is 5.18. The van der Waals surface area contributed by atoms with Gasteiger partial charge in [0.05, 0.1) is 6.54 Å². The minimum atomic E-state index is -0.632. The van der Waals surface area contributed by atoms with Crippen molar-refractivity contribution in [2.45, 2.75) is 13.5 Å². The molecule has 0 amide bonds. The fourth-order valence-electron chi connectivity index (χ4n) is 0.849. The van der Waals surface area contributed by atoms with Gasteiger partial charge in [-0.3, -0.25) is 0 Å². The molecule has 1 unspecified atom stereocenters. The number of nitrogens with zero attached hydrogens (tertiary/aromatic N) is 4. The van der Waals surface area contributed by atoms with Crippen LogP contribution in [0.3, 0.4) is 0 Å². The predicted molar refractivity (Wildman–Crippen MR) is 54.3 cm³/mol. The predicted octanol–water partition coefficient (Wildman–Crippen LogP) is 1.82. The van der Waals surface area contributed by atoms with Gasteiger partial charge in [-0.05, 0) is 15.8 Å². The molecule has 1 atom stereocenters. The lowest BCUT2D eigenvalue weighted by molar-refractivity contribution is -0.394. The van der Waals surface area contributed by atoms with Crippen LogP contribution in [0.25, 0.3) is 0 Å². The Kier molecular flexibility index (Phi) is 3.82. The smallest absolute Gasteiger partial charge is 0.390 e. The normalized spacial score (nSPS) is 12.8. The maximum atomic E-state index is 10.3. The molecule has 1 aromatic rings. The molecule has 1 aromatic heterocycles. The number of nitro groups is 1. The van der Waals surface area contributed by atoms with Crippen LogP contribution in [-0.4, -0.2) is 25.6 Å². The number of rotatable bonds is 4. The summed E-state index contributed by atoms with van der Waals surface area (Å²) in [6, 6.07) is 0. The van der Waals surface area contributed by atoms with E-state index in [1.54, 1.807) is 0 Å². The van der Waals surface area contributed by atoms with Crippen LogP contribution >= 0.6 is 27.5 Å². The molecule has 0 aliphatic heterocycles. The lowest BCUT2D eigenvalue weighted by atomic mass is 10.2. The van der Waals surface area contributed by atoms with Gasteiger partial charge >= 0.3 is 5.95 Å². The quantitative estimate of drug-likeness (QED) is 0.480. The van der Waals surface area contributed by atoms with Crippen LogP contribution < -0.4 is 0 Å². The van der Waals surface area contributed by atoms with Gasteiger partial charge in [0, 0.05) is 26.9 Å². The molecule has 1 rings (SSSR count). The third-order valence-electron chi connectivity index (χ3n) is 1.53. The Hall–Kier alpha value is -0.690. The summed E-state index contributed by atoms with van der Waals surface area (Å²) in [5.74, 6) is 0.257. The van der Waals surface area contributed by atoms with Crippen molar-refractivity contribution >= 4 is 33.5 Å². The van der Waals surface area contributed by atoms with Crippen molar-refractivity contribution in [2.75, 3.05) is 5.88 Å². The molecule has 14 heavy (non-hydrogen) atoms. The first-order valence-electron chi connectivity index (χ1n) is 3.85. The highest BCUT2D eigenvalue weighted by atomic mass is 79.9. The van der Waals surface area contributed by atoms with E-state index >= 15 is 0 Å². The van der Waals surface area contributed by atoms with Gasteiger partial charge in [0.2, 0.25) is 0 Å². The second-order valence-electron chi connectivity index (χ2n) is 2.88. The molecule has 0 fully saturated rings. The monoisotopic (exact) mass is 282 g/mol. The van der Waals surface area contributed by atoms with E-state index in [1.165, 1.54) is 4.68 Å². The Balaban J connectivity index is 2.82. The maximum absolute atomic E-state index is 10.3. The molecule has 1 heterocycles. The van der Waals surface area contributed by atoms with Crippen LogP contribution in [0.2, 0.25) is 0 Å². The van der Waals surface area contributed by atoms with Crippen LogP contribution in [0.4, 0.5) is 5.95 Å². The van der Waals surface area contributed by atoms with Crippen LogP contribution in [-0.2, 0) is 6.54 Å². The maximum Gasteiger partial charge on any atom is 0.492 e. The summed E-state index contributed by atoms with van der Waals surface area (Å²) in [6.07, 6.45) is 0. The van der Waals surface area contributed by atoms with E-state index in [-0.39, 0.29) is 5.92 Å². The zero-order chi connectivity index (χ0) is 10.7. The third kappa shape index (κ3) is 2.65. The molecule has 0 bridgehead atoms. The highest BCUT2D eigenvalue weighted by molar-refractivity contribution is 9.10. The first kappa shape index (κ1) is 11.4. The van der Waals surface area contributed by atoms with Crippen molar-refractivity contribution in [1.29, 1.82) is 0 Å². The van der Waals surface area contributed by atoms with Gasteiger partial charge in [0.1, 0.15) is 0 Å². The van der Waals surface area contributed by atoms with E-state index in [0.717, 1.165) is 0 Å². The standard InChI is InChI=1S/C6H8BrClN4O2/c1-4(2-8)3-11-5(7)9-6(10-11)12(13)14/h4H,2-3H2,1H3. The van der Waals surface area contributed by atoms with Gasteiger partial charge in [-0.25, -0.2) is 0 Å². The zero-order valence-electron chi connectivity index (χ0n) is 7.35. The molecule has 0 saturated heterocycles. The Morgan fingerprint density at radius 3 is 2.86 bits per heavy atom. The first-order chi connectivity index (χ1) is 6.54. The van der Waals surface area contributed by atoms with Crippen molar-refractivity contribution in [1.82, 2.24) is 14.8 Å². The Labute approximate surface area is 93.5 Å². The number of halogens is 2. The second kappa shape index (κ2) is 4.70. The molecule has 8 heteroatoms. The number of hydrogen-bond acceptors (Lipinski definition) is 4. The molecule has 0 saturated carbocycles. The largest absolute Gasteiger partial charge is 0.492 e. The molecule has 0 aromatic carbocycles. The fourth-order valence-corrected chi connectivity index (χ4v) is 1.33. The topological polar surface area (TPSA) is 73.8 Å². The molecular formula is C6H8BrClN4O2. The van der Waals surface area contributed by atoms with E-state index in [1.807, 2.05) is 6.92 Å². The minimum Gasteiger partial charge on any atom is -0.390 e. The van der Waals surface area contributed by atoms with Gasteiger partial charge in [0.15, 0.2) is 0 Å². The van der Waals surface area contributed by atoms with Gasteiger partial charge < -0.3 is 10.1 Å². The lowest BCUT2D eigenvalue weighted by Gasteiger charge is -2.03. The summed E-state index contributed by atoms with van der Waals surface area (Å²) in [6.45, 7) is 2.43. The molecule has 0 radical (unpaired) electrons. The lowest BCUT2D eigenvalue weighted by Crippen LogP contribution is -2.10. The SMILES string of the molecule is CC(CCl)Cn1nc([N+](=O)[O-])nc1Br. The van der Waals surface area contributed by atoms with Crippen molar-refractivity contribution in [3.63, 3.8) is 0 Å².